The smallest absolute Gasteiger partial charge is 0.279 e. The highest BCUT2D eigenvalue weighted by atomic mass is 19.1. The van der Waals surface area contributed by atoms with Crippen LogP contribution in [0.2, 0.25) is 0 Å². The van der Waals surface area contributed by atoms with Crippen molar-refractivity contribution in [3.63, 3.8) is 0 Å². The highest BCUT2D eigenvalue weighted by Crippen LogP contribution is 2.40. The summed E-state index contributed by atoms with van der Waals surface area (Å²) in [6.45, 7) is 1.47. The van der Waals surface area contributed by atoms with Crippen molar-refractivity contribution >= 4 is 22.7 Å². The minimum atomic E-state index is -0.997. The third-order valence-corrected chi connectivity index (χ3v) is 4.79. The van der Waals surface area contributed by atoms with Crippen molar-refractivity contribution in [3.05, 3.63) is 71.7 Å². The first-order chi connectivity index (χ1) is 14.0. The molecular weight excluding hydrogens is 373 g/mol. The van der Waals surface area contributed by atoms with E-state index in [0.717, 1.165) is 24.1 Å². The Morgan fingerprint density at radius 3 is 2.59 bits per heavy atom. The van der Waals surface area contributed by atoms with Crippen LogP contribution in [0, 0.1) is 5.82 Å². The number of benzene rings is 2. The molecule has 148 valence electrons. The topological polar surface area (TPSA) is 80.3 Å². The molecule has 1 heterocycles. The van der Waals surface area contributed by atoms with Crippen LogP contribution < -0.4 is 15.6 Å². The Labute approximate surface area is 167 Å². The number of hydrogen-bond donors (Lipinski definition) is 2. The normalized spacial score (nSPS) is 14.3. The highest BCUT2D eigenvalue weighted by Gasteiger charge is 2.27. The molecule has 0 spiro atoms. The quantitative estimate of drug-likeness (QED) is 0.651. The summed E-state index contributed by atoms with van der Waals surface area (Å²) in [6.07, 6.45) is 1.13. The maximum absolute atomic E-state index is 13.7. The van der Waals surface area contributed by atoms with Gasteiger partial charge in [0.05, 0.1) is 11.1 Å². The number of rotatable bonds is 5. The van der Waals surface area contributed by atoms with Crippen LogP contribution in [0.3, 0.4) is 0 Å². The summed E-state index contributed by atoms with van der Waals surface area (Å²) in [5.41, 5.74) is 6.83. The first kappa shape index (κ1) is 18.9. The van der Waals surface area contributed by atoms with Gasteiger partial charge in [0.25, 0.3) is 11.8 Å². The number of amides is 2. The van der Waals surface area contributed by atoms with Gasteiger partial charge in [0.1, 0.15) is 0 Å². The van der Waals surface area contributed by atoms with Crippen molar-refractivity contribution in [3.8, 4) is 5.75 Å². The van der Waals surface area contributed by atoms with Gasteiger partial charge in [-0.15, -0.1) is 0 Å². The number of hydrogen-bond acceptors (Lipinski definition) is 4. The monoisotopic (exact) mass is 393 g/mol. The molecule has 1 fully saturated rings. The minimum Gasteiger partial charge on any atom is -0.478 e. The molecule has 2 aromatic carbocycles. The van der Waals surface area contributed by atoms with E-state index in [1.807, 2.05) is 24.3 Å². The van der Waals surface area contributed by atoms with Crippen molar-refractivity contribution in [1.82, 2.24) is 15.8 Å². The molecule has 6 nitrogen and oxygen atoms in total. The molecule has 3 aromatic rings. The van der Waals surface area contributed by atoms with Crippen LogP contribution in [-0.2, 0) is 4.79 Å². The summed E-state index contributed by atoms with van der Waals surface area (Å²) in [5.74, 6) is -1.25. The van der Waals surface area contributed by atoms with E-state index in [0.29, 0.717) is 16.9 Å². The summed E-state index contributed by atoms with van der Waals surface area (Å²) in [7, 11) is 0. The van der Waals surface area contributed by atoms with Gasteiger partial charge in [-0.1, -0.05) is 30.3 Å². The number of nitrogens with zero attached hydrogens (tertiary/aromatic N) is 1. The first-order valence-electron chi connectivity index (χ1n) is 9.44. The molecule has 4 rings (SSSR count). The first-order valence-corrected chi connectivity index (χ1v) is 9.44. The fraction of sp³-hybridized carbons (Fsp3) is 0.227. The standard InChI is InChI=1S/C22H20FN3O3/c1-13(29-20-9-5-3-7-17(20)23)21(27)25-26-22(28)16-12-19(14-10-11-14)24-18-8-4-2-6-15(16)18/h2-9,12-14H,10-11H2,1H3,(H,25,27)(H,26,28). The van der Waals surface area contributed by atoms with E-state index in [1.165, 1.54) is 25.1 Å². The number of carbonyl (C=O) groups excluding carboxylic acids is 2. The predicted octanol–water partition coefficient (Wildman–Crippen LogP) is 3.48. The minimum absolute atomic E-state index is 0.0318. The third-order valence-electron chi connectivity index (χ3n) is 4.79. The maximum Gasteiger partial charge on any atom is 0.279 e. The highest BCUT2D eigenvalue weighted by molar-refractivity contribution is 6.06. The van der Waals surface area contributed by atoms with Crippen molar-refractivity contribution in [1.29, 1.82) is 0 Å². The van der Waals surface area contributed by atoms with Gasteiger partial charge < -0.3 is 4.74 Å². The second kappa shape index (κ2) is 7.87. The zero-order valence-corrected chi connectivity index (χ0v) is 15.8. The van der Waals surface area contributed by atoms with E-state index in [4.69, 9.17) is 4.74 Å². The van der Waals surface area contributed by atoms with Gasteiger partial charge in [0, 0.05) is 17.0 Å². The van der Waals surface area contributed by atoms with Crippen LogP contribution in [0.4, 0.5) is 4.39 Å². The van der Waals surface area contributed by atoms with Gasteiger partial charge in [0.15, 0.2) is 17.7 Å². The van der Waals surface area contributed by atoms with Gasteiger partial charge in [-0.05, 0) is 44.0 Å². The van der Waals surface area contributed by atoms with Crippen LogP contribution in [-0.4, -0.2) is 22.9 Å². The lowest BCUT2D eigenvalue weighted by Gasteiger charge is -2.16. The van der Waals surface area contributed by atoms with Crippen LogP contribution in [0.25, 0.3) is 10.9 Å². The molecule has 29 heavy (non-hydrogen) atoms. The Morgan fingerprint density at radius 1 is 1.10 bits per heavy atom. The SMILES string of the molecule is CC(Oc1ccccc1F)C(=O)NNC(=O)c1cc(C2CC2)nc2ccccc12. The zero-order valence-electron chi connectivity index (χ0n) is 15.8. The molecule has 1 unspecified atom stereocenters. The van der Waals surface area contributed by atoms with Crippen molar-refractivity contribution < 1.29 is 18.7 Å². The van der Waals surface area contributed by atoms with E-state index in [-0.39, 0.29) is 5.75 Å². The molecule has 0 aliphatic heterocycles. The van der Waals surface area contributed by atoms with E-state index in [9.17, 15) is 14.0 Å². The number of hydrazine groups is 1. The number of para-hydroxylation sites is 2. The molecule has 0 saturated heterocycles. The number of carbonyl (C=O) groups is 2. The lowest BCUT2D eigenvalue weighted by molar-refractivity contribution is -0.128. The Morgan fingerprint density at radius 2 is 1.83 bits per heavy atom. The average molecular weight is 393 g/mol. The summed E-state index contributed by atoms with van der Waals surface area (Å²) in [5, 5.41) is 0.708. The molecule has 1 aromatic heterocycles. The Bertz CT molecular complexity index is 1080. The Hall–Kier alpha value is -3.48. The van der Waals surface area contributed by atoms with Gasteiger partial charge in [-0.25, -0.2) is 4.39 Å². The third kappa shape index (κ3) is 4.18. The average Bonchev–Trinajstić information content (AvgIpc) is 3.58. The molecule has 1 saturated carbocycles. The number of aromatic nitrogens is 1. The lowest BCUT2D eigenvalue weighted by Crippen LogP contribution is -2.47. The van der Waals surface area contributed by atoms with Crippen molar-refractivity contribution in [2.24, 2.45) is 0 Å². The van der Waals surface area contributed by atoms with Gasteiger partial charge in [-0.3, -0.25) is 25.4 Å². The number of pyridine rings is 1. The Kier molecular flexibility index (Phi) is 5.12. The molecule has 1 atom stereocenters. The zero-order chi connectivity index (χ0) is 20.4. The summed E-state index contributed by atoms with van der Waals surface area (Å²) >= 11 is 0. The van der Waals surface area contributed by atoms with E-state index < -0.39 is 23.7 Å². The second-order valence-electron chi connectivity index (χ2n) is 7.02. The van der Waals surface area contributed by atoms with E-state index in [2.05, 4.69) is 15.8 Å². The van der Waals surface area contributed by atoms with Gasteiger partial charge >= 0.3 is 0 Å². The number of halogens is 1. The van der Waals surface area contributed by atoms with E-state index >= 15 is 0 Å². The summed E-state index contributed by atoms with van der Waals surface area (Å²) in [6, 6.07) is 15.0. The second-order valence-corrected chi connectivity index (χ2v) is 7.02. The van der Waals surface area contributed by atoms with Gasteiger partial charge in [-0.2, -0.15) is 0 Å². The molecule has 0 bridgehead atoms. The van der Waals surface area contributed by atoms with Crippen LogP contribution in [0.15, 0.2) is 54.6 Å². The van der Waals surface area contributed by atoms with Crippen molar-refractivity contribution in [2.75, 3.05) is 0 Å². The molecule has 0 radical (unpaired) electrons. The van der Waals surface area contributed by atoms with Gasteiger partial charge in [0.2, 0.25) is 0 Å². The van der Waals surface area contributed by atoms with E-state index in [1.54, 1.807) is 12.1 Å². The molecule has 1 aliphatic carbocycles. The summed E-state index contributed by atoms with van der Waals surface area (Å²) < 4.78 is 19.0. The molecule has 2 N–H and O–H groups in total. The Balaban J connectivity index is 1.45. The van der Waals surface area contributed by atoms with Crippen LogP contribution in [0.5, 0.6) is 5.75 Å². The number of fused-ring (bicyclic) bond motifs is 1. The fourth-order valence-electron chi connectivity index (χ4n) is 3.04. The predicted molar refractivity (Wildman–Crippen MR) is 106 cm³/mol. The van der Waals surface area contributed by atoms with Crippen LogP contribution >= 0.6 is 0 Å². The molecule has 2 amide bonds. The van der Waals surface area contributed by atoms with Crippen molar-refractivity contribution in [2.45, 2.75) is 31.8 Å². The molecular formula is C22H20FN3O3. The summed E-state index contributed by atoms with van der Waals surface area (Å²) in [4.78, 5) is 29.6. The molecule has 7 heteroatoms. The fourth-order valence-corrected chi connectivity index (χ4v) is 3.04. The molecule has 1 aliphatic rings. The number of nitrogens with one attached hydrogen (secondary N) is 2. The lowest BCUT2D eigenvalue weighted by atomic mass is 10.1. The van der Waals surface area contributed by atoms with Crippen LogP contribution in [0.1, 0.15) is 41.7 Å². The largest absolute Gasteiger partial charge is 0.478 e. The maximum atomic E-state index is 13.7. The number of ether oxygens (including phenoxy) is 1.